The van der Waals surface area contributed by atoms with Crippen molar-refractivity contribution in [3.63, 3.8) is 0 Å². The highest BCUT2D eigenvalue weighted by Gasteiger charge is 2.13. The molecule has 2 nitrogen and oxygen atoms in total. The Kier molecular flexibility index (Phi) is 8.23. The van der Waals surface area contributed by atoms with Crippen LogP contribution in [0.2, 0.25) is 0 Å². The summed E-state index contributed by atoms with van der Waals surface area (Å²) in [5, 5.41) is 0. The Morgan fingerprint density at radius 2 is 1.04 bits per heavy atom. The fourth-order valence-electron chi connectivity index (χ4n) is 2.53. The fraction of sp³-hybridized carbons (Fsp3) is 0.400. The van der Waals surface area contributed by atoms with Gasteiger partial charge in [-0.3, -0.25) is 0 Å². The van der Waals surface area contributed by atoms with Crippen LogP contribution >= 0.6 is 12.1 Å². The summed E-state index contributed by atoms with van der Waals surface area (Å²) in [7, 11) is 0. The van der Waals surface area contributed by atoms with E-state index in [1.165, 1.54) is 24.0 Å². The van der Waals surface area contributed by atoms with Crippen molar-refractivity contribution in [3.05, 3.63) is 71.8 Å². The molecule has 23 heavy (non-hydrogen) atoms. The molecule has 0 unspecified atom stereocenters. The van der Waals surface area contributed by atoms with Crippen LogP contribution in [0, 0.1) is 0 Å². The average molecular weight is 329 g/mol. The van der Waals surface area contributed by atoms with E-state index in [4.69, 9.17) is 0 Å². The largest absolute Gasteiger partial charge is 0.233 e. The van der Waals surface area contributed by atoms with Crippen LogP contribution in [-0.4, -0.2) is 21.7 Å². The summed E-state index contributed by atoms with van der Waals surface area (Å²) in [6, 6.07) is 21.5. The average Bonchev–Trinajstić information content (AvgIpc) is 2.57. The van der Waals surface area contributed by atoms with Crippen LogP contribution in [0.3, 0.4) is 0 Å². The van der Waals surface area contributed by atoms with Gasteiger partial charge in [-0.25, -0.2) is 8.61 Å². The van der Waals surface area contributed by atoms with Gasteiger partial charge in [-0.2, -0.15) is 0 Å². The van der Waals surface area contributed by atoms with Crippen LogP contribution in [0.1, 0.15) is 37.8 Å². The highest BCUT2D eigenvalue weighted by molar-refractivity contribution is 7.94. The third-order valence-electron chi connectivity index (χ3n) is 3.58. The summed E-state index contributed by atoms with van der Waals surface area (Å²) in [4.78, 5) is 0. The second kappa shape index (κ2) is 10.5. The number of nitrogens with zero attached hydrogens (tertiary/aromatic N) is 2. The Morgan fingerprint density at radius 3 is 1.39 bits per heavy atom. The minimum absolute atomic E-state index is 0.994. The van der Waals surface area contributed by atoms with E-state index in [0.29, 0.717) is 0 Å². The smallest absolute Gasteiger partial charge is 0.0352 e. The van der Waals surface area contributed by atoms with Gasteiger partial charge in [0.1, 0.15) is 0 Å². The molecule has 0 spiro atoms. The molecule has 0 saturated carbocycles. The first-order valence-corrected chi connectivity index (χ1v) is 9.30. The Hall–Kier alpha value is -1.29. The van der Waals surface area contributed by atoms with Crippen LogP contribution in [0.4, 0.5) is 0 Å². The number of hydrogen-bond donors (Lipinski definition) is 0. The molecule has 0 bridgehead atoms. The maximum absolute atomic E-state index is 2.48. The summed E-state index contributed by atoms with van der Waals surface area (Å²) in [5.74, 6) is 0. The molecule has 2 aromatic carbocycles. The lowest BCUT2D eigenvalue weighted by atomic mass is 10.2. The van der Waals surface area contributed by atoms with Gasteiger partial charge in [0.15, 0.2) is 0 Å². The molecule has 0 fully saturated rings. The third-order valence-corrected chi connectivity index (χ3v) is 4.67. The van der Waals surface area contributed by atoms with Crippen molar-refractivity contribution >= 4 is 12.1 Å². The molecular weight excluding hydrogens is 300 g/mol. The first-order chi connectivity index (χ1) is 11.3. The molecular formula is C20H28N2S. The standard InChI is InChI=1S/C20H28N2S/c1-3-15-21(17-19-11-7-5-8-12-19)23-22(16-4-2)18-20-13-9-6-10-14-20/h5-14H,3-4,15-18H2,1-2H3. The van der Waals surface area contributed by atoms with Crippen molar-refractivity contribution in [3.8, 4) is 0 Å². The van der Waals surface area contributed by atoms with E-state index in [1.807, 2.05) is 12.1 Å². The van der Waals surface area contributed by atoms with Gasteiger partial charge < -0.3 is 0 Å². The Morgan fingerprint density at radius 1 is 0.652 bits per heavy atom. The van der Waals surface area contributed by atoms with Gasteiger partial charge in [0.2, 0.25) is 0 Å². The van der Waals surface area contributed by atoms with E-state index in [2.05, 4.69) is 83.1 Å². The molecule has 0 amide bonds. The maximum Gasteiger partial charge on any atom is 0.0352 e. The summed E-state index contributed by atoms with van der Waals surface area (Å²) in [5.41, 5.74) is 2.76. The van der Waals surface area contributed by atoms with Gasteiger partial charge in [-0.05, 0) is 24.0 Å². The van der Waals surface area contributed by atoms with Crippen LogP contribution in [-0.2, 0) is 13.1 Å². The molecule has 0 saturated heterocycles. The van der Waals surface area contributed by atoms with Gasteiger partial charge in [0.25, 0.3) is 0 Å². The first kappa shape index (κ1) is 18.1. The van der Waals surface area contributed by atoms with E-state index in [9.17, 15) is 0 Å². The van der Waals surface area contributed by atoms with E-state index in [1.54, 1.807) is 0 Å². The topological polar surface area (TPSA) is 6.48 Å². The van der Waals surface area contributed by atoms with Crippen molar-refractivity contribution in [1.29, 1.82) is 0 Å². The minimum atomic E-state index is 0.994. The molecule has 0 radical (unpaired) electrons. The van der Waals surface area contributed by atoms with Gasteiger partial charge in [0.05, 0.1) is 0 Å². The SMILES string of the molecule is CCCN(Cc1ccccc1)SN(CCC)Cc1ccccc1. The van der Waals surface area contributed by atoms with Crippen molar-refractivity contribution in [2.45, 2.75) is 39.8 Å². The maximum atomic E-state index is 2.48. The van der Waals surface area contributed by atoms with E-state index in [-0.39, 0.29) is 0 Å². The molecule has 0 aliphatic carbocycles. The van der Waals surface area contributed by atoms with E-state index in [0.717, 1.165) is 26.2 Å². The predicted molar refractivity (Wildman–Crippen MR) is 102 cm³/mol. The summed E-state index contributed by atoms with van der Waals surface area (Å²) < 4.78 is 4.96. The first-order valence-electron chi connectivity index (χ1n) is 8.57. The summed E-state index contributed by atoms with van der Waals surface area (Å²) in [6.07, 6.45) is 2.34. The number of benzene rings is 2. The zero-order valence-electron chi connectivity index (χ0n) is 14.3. The van der Waals surface area contributed by atoms with Crippen LogP contribution in [0.5, 0.6) is 0 Å². The highest BCUT2D eigenvalue weighted by Crippen LogP contribution is 2.22. The zero-order valence-corrected chi connectivity index (χ0v) is 15.1. The van der Waals surface area contributed by atoms with E-state index >= 15 is 0 Å². The molecule has 0 N–H and O–H groups in total. The zero-order chi connectivity index (χ0) is 16.3. The third kappa shape index (κ3) is 6.78. The van der Waals surface area contributed by atoms with Crippen LogP contribution in [0.15, 0.2) is 60.7 Å². The lowest BCUT2D eigenvalue weighted by Crippen LogP contribution is -2.26. The van der Waals surface area contributed by atoms with Crippen LogP contribution in [0.25, 0.3) is 0 Å². The normalized spacial score (nSPS) is 11.3. The van der Waals surface area contributed by atoms with Gasteiger partial charge in [-0.1, -0.05) is 74.5 Å². The quantitative estimate of drug-likeness (QED) is 0.541. The highest BCUT2D eigenvalue weighted by atomic mass is 32.2. The molecule has 3 heteroatoms. The molecule has 0 aromatic heterocycles. The molecule has 0 aliphatic rings. The van der Waals surface area contributed by atoms with Crippen LogP contribution < -0.4 is 0 Å². The molecule has 2 rings (SSSR count). The summed E-state index contributed by atoms with van der Waals surface area (Å²) in [6.45, 7) is 8.70. The molecule has 0 heterocycles. The van der Waals surface area contributed by atoms with Gasteiger partial charge in [0, 0.05) is 38.3 Å². The van der Waals surface area contributed by atoms with Gasteiger partial charge in [-0.15, -0.1) is 0 Å². The van der Waals surface area contributed by atoms with Crippen molar-refractivity contribution in [2.24, 2.45) is 0 Å². The van der Waals surface area contributed by atoms with E-state index < -0.39 is 0 Å². The van der Waals surface area contributed by atoms with Crippen molar-refractivity contribution in [1.82, 2.24) is 8.61 Å². The Labute approximate surface area is 145 Å². The van der Waals surface area contributed by atoms with Gasteiger partial charge >= 0.3 is 0 Å². The summed E-state index contributed by atoms with van der Waals surface area (Å²) >= 11 is 1.90. The van der Waals surface area contributed by atoms with Crippen molar-refractivity contribution in [2.75, 3.05) is 13.1 Å². The molecule has 124 valence electrons. The number of hydrogen-bond acceptors (Lipinski definition) is 3. The van der Waals surface area contributed by atoms with Crippen molar-refractivity contribution < 1.29 is 0 Å². The minimum Gasteiger partial charge on any atom is -0.233 e. The lowest BCUT2D eigenvalue weighted by molar-refractivity contribution is 0.401. The predicted octanol–water partition coefficient (Wildman–Crippen LogP) is 5.37. The Bertz CT molecular complexity index is 480. The molecule has 0 aliphatic heterocycles. The second-order valence-electron chi connectivity index (χ2n) is 5.78. The molecule has 0 atom stereocenters. The Balaban J connectivity index is 1.98. The number of rotatable bonds is 10. The fourth-order valence-corrected chi connectivity index (χ4v) is 3.80. The second-order valence-corrected chi connectivity index (χ2v) is 6.98. The molecule has 2 aromatic rings. The monoisotopic (exact) mass is 328 g/mol. The lowest BCUT2D eigenvalue weighted by Gasteiger charge is -2.28.